The van der Waals surface area contributed by atoms with Crippen molar-refractivity contribution in [3.8, 4) is 0 Å². The fourth-order valence-electron chi connectivity index (χ4n) is 3.66. The fourth-order valence-corrected chi connectivity index (χ4v) is 3.84. The van der Waals surface area contributed by atoms with Crippen LogP contribution in [0, 0.1) is 6.92 Å². The summed E-state index contributed by atoms with van der Waals surface area (Å²) >= 11 is 6.15. The van der Waals surface area contributed by atoms with Gasteiger partial charge in [0.05, 0.1) is 11.1 Å². The number of rotatable bonds is 6. The highest BCUT2D eigenvalue weighted by Crippen LogP contribution is 2.27. The maximum absolute atomic E-state index is 13.1. The van der Waals surface area contributed by atoms with Crippen molar-refractivity contribution < 1.29 is 23.9 Å². The topological polar surface area (TPSA) is 92.8 Å². The number of aryl methyl sites for hydroxylation is 1. The van der Waals surface area contributed by atoms with Gasteiger partial charge in [0, 0.05) is 16.3 Å². The second-order valence-electron chi connectivity index (χ2n) is 7.88. The normalized spacial score (nSPS) is 14.4. The summed E-state index contributed by atoms with van der Waals surface area (Å²) in [6.07, 6.45) is -1.31. The zero-order valence-electron chi connectivity index (χ0n) is 18.4. The van der Waals surface area contributed by atoms with Gasteiger partial charge < -0.3 is 10.1 Å². The third-order valence-electron chi connectivity index (χ3n) is 5.57. The van der Waals surface area contributed by atoms with Gasteiger partial charge in [0.25, 0.3) is 17.7 Å². The Morgan fingerprint density at radius 1 is 0.912 bits per heavy atom. The van der Waals surface area contributed by atoms with Gasteiger partial charge in [-0.05, 0) is 43.7 Å². The van der Waals surface area contributed by atoms with Crippen LogP contribution in [0.2, 0.25) is 5.02 Å². The molecule has 1 heterocycles. The highest BCUT2D eigenvalue weighted by Gasteiger charge is 2.42. The van der Waals surface area contributed by atoms with E-state index in [4.69, 9.17) is 16.3 Å². The quantitative estimate of drug-likeness (QED) is 0.416. The van der Waals surface area contributed by atoms with Gasteiger partial charge in [0.15, 0.2) is 0 Å². The van der Waals surface area contributed by atoms with Crippen molar-refractivity contribution in [2.75, 3.05) is 5.32 Å². The summed E-state index contributed by atoms with van der Waals surface area (Å²) in [5.74, 6) is -2.66. The lowest BCUT2D eigenvalue weighted by molar-refractivity contribution is -0.158. The number of nitrogens with one attached hydrogen (secondary N) is 1. The first-order valence-electron chi connectivity index (χ1n) is 10.6. The first-order valence-corrected chi connectivity index (χ1v) is 10.9. The Bertz CT molecular complexity index is 1260. The Labute approximate surface area is 201 Å². The van der Waals surface area contributed by atoms with Gasteiger partial charge in [0.1, 0.15) is 6.04 Å². The van der Waals surface area contributed by atoms with Crippen molar-refractivity contribution in [1.29, 1.82) is 0 Å². The monoisotopic (exact) mass is 476 g/mol. The molecule has 1 aliphatic heterocycles. The number of halogens is 1. The van der Waals surface area contributed by atoms with E-state index >= 15 is 0 Å². The number of anilines is 1. The first kappa shape index (κ1) is 23.2. The number of imide groups is 1. The van der Waals surface area contributed by atoms with Crippen LogP contribution in [0.3, 0.4) is 0 Å². The first-order chi connectivity index (χ1) is 16.3. The molecule has 0 aromatic heterocycles. The zero-order chi connectivity index (χ0) is 24.4. The molecule has 172 valence electrons. The van der Waals surface area contributed by atoms with Crippen molar-refractivity contribution in [1.82, 2.24) is 4.90 Å². The van der Waals surface area contributed by atoms with Crippen LogP contribution in [0.4, 0.5) is 5.69 Å². The molecule has 3 aromatic carbocycles. The molecule has 0 aliphatic carbocycles. The summed E-state index contributed by atoms with van der Waals surface area (Å²) in [6.45, 7) is 3.23. The largest absolute Gasteiger partial charge is 0.446 e. The van der Waals surface area contributed by atoms with Crippen LogP contribution in [0.5, 0.6) is 0 Å². The van der Waals surface area contributed by atoms with Crippen molar-refractivity contribution in [3.63, 3.8) is 0 Å². The van der Waals surface area contributed by atoms with Gasteiger partial charge >= 0.3 is 5.97 Å². The summed E-state index contributed by atoms with van der Waals surface area (Å²) in [7, 11) is 0. The average Bonchev–Trinajstić information content (AvgIpc) is 3.09. The van der Waals surface area contributed by atoms with E-state index in [0.717, 1.165) is 10.5 Å². The number of hydrogen-bond donors (Lipinski definition) is 1. The van der Waals surface area contributed by atoms with Gasteiger partial charge in [-0.25, -0.2) is 4.79 Å². The molecule has 2 atom stereocenters. The van der Waals surface area contributed by atoms with Crippen LogP contribution < -0.4 is 5.32 Å². The minimum atomic E-state index is -1.31. The molecule has 34 heavy (non-hydrogen) atoms. The molecule has 3 amide bonds. The molecular formula is C26H21ClN2O5. The summed E-state index contributed by atoms with van der Waals surface area (Å²) in [6, 6.07) is 18.6. The Kier molecular flexibility index (Phi) is 6.47. The Balaban J connectivity index is 1.56. The molecule has 0 unspecified atom stereocenters. The van der Waals surface area contributed by atoms with E-state index in [-0.39, 0.29) is 11.1 Å². The number of amides is 3. The van der Waals surface area contributed by atoms with Crippen molar-refractivity contribution in [2.24, 2.45) is 0 Å². The van der Waals surface area contributed by atoms with Gasteiger partial charge in [-0.1, -0.05) is 60.1 Å². The zero-order valence-corrected chi connectivity index (χ0v) is 19.2. The van der Waals surface area contributed by atoms with E-state index in [1.54, 1.807) is 60.7 Å². The molecular weight excluding hydrogens is 456 g/mol. The number of fused-ring (bicyclic) bond motifs is 1. The lowest BCUT2D eigenvalue weighted by Crippen LogP contribution is -2.44. The number of esters is 1. The number of carbonyl (C=O) groups excluding carboxylic acids is 4. The number of ether oxygens (including phenoxy) is 1. The molecule has 0 fully saturated rings. The number of carbonyl (C=O) groups is 4. The van der Waals surface area contributed by atoms with Crippen LogP contribution in [-0.2, 0) is 14.3 Å². The van der Waals surface area contributed by atoms with E-state index < -0.39 is 35.8 Å². The highest BCUT2D eigenvalue weighted by atomic mass is 35.5. The van der Waals surface area contributed by atoms with E-state index in [9.17, 15) is 19.2 Å². The van der Waals surface area contributed by atoms with Crippen molar-refractivity contribution in [2.45, 2.75) is 26.0 Å². The second-order valence-corrected chi connectivity index (χ2v) is 8.29. The smallest absolute Gasteiger partial charge is 0.330 e. The minimum absolute atomic E-state index is 0.223. The third-order valence-corrected chi connectivity index (χ3v) is 5.97. The number of nitrogens with zero attached hydrogens (tertiary/aromatic N) is 1. The molecule has 0 spiro atoms. The molecule has 0 bridgehead atoms. The van der Waals surface area contributed by atoms with Gasteiger partial charge in [-0.15, -0.1) is 0 Å². The van der Waals surface area contributed by atoms with E-state index in [1.807, 2.05) is 6.92 Å². The number of benzene rings is 3. The fraction of sp³-hybridized carbons (Fsp3) is 0.154. The van der Waals surface area contributed by atoms with E-state index in [0.29, 0.717) is 16.3 Å². The Morgan fingerprint density at radius 3 is 2.09 bits per heavy atom. The number of hydrogen-bond acceptors (Lipinski definition) is 5. The average molecular weight is 477 g/mol. The molecule has 1 N–H and O–H groups in total. The molecule has 3 aromatic rings. The van der Waals surface area contributed by atoms with Gasteiger partial charge in [-0.2, -0.15) is 0 Å². The lowest BCUT2D eigenvalue weighted by Gasteiger charge is -2.24. The van der Waals surface area contributed by atoms with Crippen LogP contribution in [0.1, 0.15) is 44.9 Å². The second kappa shape index (κ2) is 9.49. The molecule has 0 saturated heterocycles. The Hall–Kier alpha value is -3.97. The molecule has 0 saturated carbocycles. The van der Waals surface area contributed by atoms with E-state index in [2.05, 4.69) is 5.32 Å². The third kappa shape index (κ3) is 4.43. The maximum Gasteiger partial charge on any atom is 0.330 e. The molecule has 1 aliphatic rings. The minimum Gasteiger partial charge on any atom is -0.446 e. The van der Waals surface area contributed by atoms with Crippen molar-refractivity contribution >= 4 is 41.0 Å². The summed E-state index contributed by atoms with van der Waals surface area (Å²) in [5.41, 5.74) is 2.16. The van der Waals surface area contributed by atoms with Gasteiger partial charge in [-0.3, -0.25) is 19.3 Å². The molecule has 7 nitrogen and oxygen atoms in total. The van der Waals surface area contributed by atoms with E-state index in [1.165, 1.54) is 19.1 Å². The predicted molar refractivity (Wildman–Crippen MR) is 126 cm³/mol. The Morgan fingerprint density at radius 2 is 1.50 bits per heavy atom. The van der Waals surface area contributed by atoms with Gasteiger partial charge in [0.2, 0.25) is 6.10 Å². The highest BCUT2D eigenvalue weighted by molar-refractivity contribution is 6.31. The molecule has 8 heteroatoms. The standard InChI is InChI=1S/C26H21ClN2O5/c1-15-12-13-18(14-21(15)27)28-23(30)22(17-8-4-3-5-9-17)34-26(33)16(2)29-24(31)19-10-6-7-11-20(19)25(29)32/h3-14,16,22H,1-2H3,(H,28,30)/t16-,22-/m1/s1. The lowest BCUT2D eigenvalue weighted by atomic mass is 10.1. The summed E-state index contributed by atoms with van der Waals surface area (Å²) in [4.78, 5) is 52.5. The summed E-state index contributed by atoms with van der Waals surface area (Å²) in [5, 5.41) is 3.18. The van der Waals surface area contributed by atoms with Crippen LogP contribution >= 0.6 is 11.6 Å². The SMILES string of the molecule is Cc1ccc(NC(=O)[C@H](OC(=O)[C@@H](C)N2C(=O)c3ccccc3C2=O)c2ccccc2)cc1Cl. The molecule has 0 radical (unpaired) electrons. The maximum atomic E-state index is 13.1. The predicted octanol–water partition coefficient (Wildman–Crippen LogP) is 4.56. The summed E-state index contributed by atoms with van der Waals surface area (Å²) < 4.78 is 5.56. The molecule has 4 rings (SSSR count). The van der Waals surface area contributed by atoms with Crippen LogP contribution in [0.15, 0.2) is 72.8 Å². The van der Waals surface area contributed by atoms with Crippen molar-refractivity contribution in [3.05, 3.63) is 100 Å². The van der Waals surface area contributed by atoms with Crippen LogP contribution in [0.25, 0.3) is 0 Å². The van der Waals surface area contributed by atoms with Crippen LogP contribution in [-0.4, -0.2) is 34.6 Å².